The molecule has 4 rings (SSSR count). The van der Waals surface area contributed by atoms with E-state index in [0.717, 1.165) is 5.56 Å². The topological polar surface area (TPSA) is 90.9 Å². The van der Waals surface area contributed by atoms with Gasteiger partial charge < -0.3 is 4.90 Å². The fraction of sp³-hybridized carbons (Fsp3) is 0.318. The molecule has 1 aliphatic rings. The molecule has 0 saturated carbocycles. The van der Waals surface area contributed by atoms with Gasteiger partial charge in [-0.15, -0.1) is 10.2 Å². The lowest BCUT2D eigenvalue weighted by atomic mass is 10.1. The summed E-state index contributed by atoms with van der Waals surface area (Å²) in [4.78, 5) is 17.8. The molecule has 0 radical (unpaired) electrons. The zero-order chi connectivity index (χ0) is 21.8. The predicted octanol–water partition coefficient (Wildman–Crippen LogP) is 2.20. The highest BCUT2D eigenvalue weighted by Gasteiger charge is 2.27. The Bertz CT molecular complexity index is 1100. The van der Waals surface area contributed by atoms with Gasteiger partial charge in [-0.1, -0.05) is 30.3 Å². The maximum atomic E-state index is 13.5. The van der Waals surface area contributed by atoms with E-state index >= 15 is 0 Å². The van der Waals surface area contributed by atoms with Gasteiger partial charge in [-0.3, -0.25) is 9.69 Å². The zero-order valence-electron chi connectivity index (χ0n) is 17.1. The first-order chi connectivity index (χ1) is 15.0. The molecule has 1 aliphatic heterocycles. The second-order valence-electron chi connectivity index (χ2n) is 7.47. The quantitative estimate of drug-likeness (QED) is 0.630. The van der Waals surface area contributed by atoms with Crippen molar-refractivity contribution in [3.05, 3.63) is 65.5 Å². The van der Waals surface area contributed by atoms with Crippen LogP contribution in [0.5, 0.6) is 0 Å². The molecule has 2 heterocycles. The number of aryl methyl sites for hydroxylation is 1. The molecule has 1 fully saturated rings. The first kappa shape index (κ1) is 20.6. The van der Waals surface area contributed by atoms with Crippen LogP contribution in [0.15, 0.2) is 48.5 Å². The van der Waals surface area contributed by atoms with E-state index in [1.54, 1.807) is 24.0 Å². The number of halogens is 1. The molecular weight excluding hydrogens is 397 g/mol. The van der Waals surface area contributed by atoms with E-state index in [1.807, 2.05) is 30.3 Å². The van der Waals surface area contributed by atoms with Crippen LogP contribution in [-0.4, -0.2) is 62.1 Å². The molecule has 2 aromatic carbocycles. The number of tetrazole rings is 1. The minimum absolute atomic E-state index is 0.0203. The van der Waals surface area contributed by atoms with Crippen molar-refractivity contribution >= 4 is 5.91 Å². The van der Waals surface area contributed by atoms with Crippen molar-refractivity contribution in [3.8, 4) is 17.5 Å². The van der Waals surface area contributed by atoms with E-state index < -0.39 is 0 Å². The molecule has 1 amide bonds. The Morgan fingerprint density at radius 3 is 2.58 bits per heavy atom. The molecule has 0 unspecified atom stereocenters. The van der Waals surface area contributed by atoms with Crippen LogP contribution in [0.1, 0.15) is 17.2 Å². The SMILES string of the molecule is Cc1cc(-c2nnn(CC(=O)N3CCN([C@@H](C#N)c4ccccc4)CC3)n2)ccc1F. The average molecular weight is 419 g/mol. The summed E-state index contributed by atoms with van der Waals surface area (Å²) in [5.41, 5.74) is 2.10. The third-order valence-electron chi connectivity index (χ3n) is 5.42. The van der Waals surface area contributed by atoms with Crippen LogP contribution in [0, 0.1) is 24.1 Å². The second kappa shape index (κ2) is 9.02. The Morgan fingerprint density at radius 1 is 1.16 bits per heavy atom. The Balaban J connectivity index is 1.35. The summed E-state index contributed by atoms with van der Waals surface area (Å²) in [6, 6.07) is 16.3. The highest BCUT2D eigenvalue weighted by atomic mass is 19.1. The van der Waals surface area contributed by atoms with Crippen molar-refractivity contribution in [1.82, 2.24) is 30.0 Å². The largest absolute Gasteiger partial charge is 0.338 e. The van der Waals surface area contributed by atoms with Crippen LogP contribution in [0.2, 0.25) is 0 Å². The smallest absolute Gasteiger partial charge is 0.246 e. The number of carbonyl (C=O) groups excluding carboxylic acids is 1. The fourth-order valence-corrected chi connectivity index (χ4v) is 3.66. The number of nitrogens with zero attached hydrogens (tertiary/aromatic N) is 7. The van der Waals surface area contributed by atoms with Crippen LogP contribution in [0.25, 0.3) is 11.4 Å². The van der Waals surface area contributed by atoms with Crippen LogP contribution in [0.3, 0.4) is 0 Å². The molecule has 1 aromatic heterocycles. The standard InChI is InChI=1S/C22H22FN7O/c1-16-13-18(7-8-19(16)23)22-25-27-30(26-22)15-21(31)29-11-9-28(10-12-29)20(14-24)17-5-3-2-4-6-17/h2-8,13,20H,9-12,15H2,1H3/t20-/m0/s1. The molecule has 1 atom stereocenters. The molecule has 8 nitrogen and oxygen atoms in total. The van der Waals surface area contributed by atoms with Gasteiger partial charge in [-0.25, -0.2) is 4.39 Å². The first-order valence-corrected chi connectivity index (χ1v) is 10.1. The molecule has 1 saturated heterocycles. The third-order valence-corrected chi connectivity index (χ3v) is 5.42. The van der Waals surface area contributed by atoms with Crippen molar-refractivity contribution in [2.45, 2.75) is 19.5 Å². The van der Waals surface area contributed by atoms with Crippen molar-refractivity contribution in [1.29, 1.82) is 5.26 Å². The van der Waals surface area contributed by atoms with Gasteiger partial charge in [-0.05, 0) is 41.5 Å². The summed E-state index contributed by atoms with van der Waals surface area (Å²) in [5.74, 6) is -0.0519. The highest BCUT2D eigenvalue weighted by Crippen LogP contribution is 2.21. The predicted molar refractivity (Wildman–Crippen MR) is 111 cm³/mol. The maximum Gasteiger partial charge on any atom is 0.246 e. The number of nitriles is 1. The lowest BCUT2D eigenvalue weighted by Crippen LogP contribution is -2.50. The summed E-state index contributed by atoms with van der Waals surface area (Å²) in [6.07, 6.45) is 0. The average Bonchev–Trinajstić information content (AvgIpc) is 3.26. The van der Waals surface area contributed by atoms with Crippen LogP contribution in [-0.2, 0) is 11.3 Å². The minimum atomic E-state index is -0.322. The van der Waals surface area contributed by atoms with Gasteiger partial charge in [0.2, 0.25) is 11.7 Å². The van der Waals surface area contributed by atoms with Crippen LogP contribution < -0.4 is 0 Å². The van der Waals surface area contributed by atoms with E-state index in [2.05, 4.69) is 26.4 Å². The Kier molecular flexibility index (Phi) is 6.00. The molecule has 9 heteroatoms. The van der Waals surface area contributed by atoms with Gasteiger partial charge in [0.1, 0.15) is 18.4 Å². The van der Waals surface area contributed by atoms with Crippen molar-refractivity contribution in [3.63, 3.8) is 0 Å². The summed E-state index contributed by atoms with van der Waals surface area (Å²) >= 11 is 0. The van der Waals surface area contributed by atoms with Crippen molar-refractivity contribution in [2.24, 2.45) is 0 Å². The molecule has 158 valence electrons. The molecule has 0 aliphatic carbocycles. The highest BCUT2D eigenvalue weighted by molar-refractivity contribution is 5.76. The number of rotatable bonds is 5. The van der Waals surface area contributed by atoms with Gasteiger partial charge in [-0.2, -0.15) is 10.1 Å². The number of hydrogen-bond acceptors (Lipinski definition) is 6. The number of aromatic nitrogens is 4. The molecule has 0 spiro atoms. The Labute approximate surface area is 179 Å². The maximum absolute atomic E-state index is 13.5. The number of hydrogen-bond donors (Lipinski definition) is 0. The van der Waals surface area contributed by atoms with E-state index in [4.69, 9.17) is 0 Å². The van der Waals surface area contributed by atoms with Gasteiger partial charge in [0.05, 0.1) is 6.07 Å². The monoisotopic (exact) mass is 419 g/mol. The Hall–Kier alpha value is -3.64. The second-order valence-corrected chi connectivity index (χ2v) is 7.47. The molecule has 0 bridgehead atoms. The fourth-order valence-electron chi connectivity index (χ4n) is 3.66. The molecule has 31 heavy (non-hydrogen) atoms. The Morgan fingerprint density at radius 2 is 1.90 bits per heavy atom. The van der Waals surface area contributed by atoms with Gasteiger partial charge in [0.25, 0.3) is 0 Å². The first-order valence-electron chi connectivity index (χ1n) is 10.1. The lowest BCUT2D eigenvalue weighted by molar-refractivity contribution is -0.134. The summed E-state index contributed by atoms with van der Waals surface area (Å²) in [7, 11) is 0. The molecule has 3 aromatic rings. The van der Waals surface area contributed by atoms with E-state index in [-0.39, 0.29) is 24.3 Å². The number of piperazine rings is 1. The summed E-state index contributed by atoms with van der Waals surface area (Å²) in [6.45, 7) is 3.94. The van der Waals surface area contributed by atoms with E-state index in [1.165, 1.54) is 10.9 Å². The van der Waals surface area contributed by atoms with Gasteiger partial charge >= 0.3 is 0 Å². The summed E-state index contributed by atoms with van der Waals surface area (Å²) < 4.78 is 13.5. The van der Waals surface area contributed by atoms with E-state index in [9.17, 15) is 14.4 Å². The minimum Gasteiger partial charge on any atom is -0.338 e. The summed E-state index contributed by atoms with van der Waals surface area (Å²) in [5, 5.41) is 21.8. The van der Waals surface area contributed by atoms with Crippen LogP contribution >= 0.6 is 0 Å². The molecule has 0 N–H and O–H groups in total. The number of amides is 1. The normalized spacial score (nSPS) is 15.5. The number of benzene rings is 2. The van der Waals surface area contributed by atoms with Gasteiger partial charge in [0.15, 0.2) is 0 Å². The third kappa shape index (κ3) is 4.59. The zero-order valence-corrected chi connectivity index (χ0v) is 17.1. The molecular formula is C22H22FN7O. The van der Waals surface area contributed by atoms with Crippen molar-refractivity contribution < 1.29 is 9.18 Å². The number of carbonyl (C=O) groups is 1. The lowest BCUT2D eigenvalue weighted by Gasteiger charge is -2.36. The van der Waals surface area contributed by atoms with E-state index in [0.29, 0.717) is 43.1 Å². The van der Waals surface area contributed by atoms with Crippen molar-refractivity contribution in [2.75, 3.05) is 26.2 Å². The van der Waals surface area contributed by atoms with Crippen LogP contribution in [0.4, 0.5) is 4.39 Å². The van der Waals surface area contributed by atoms with Gasteiger partial charge in [0, 0.05) is 31.7 Å².